The second-order valence-corrected chi connectivity index (χ2v) is 5.62. The topological polar surface area (TPSA) is 20.2 Å². The Labute approximate surface area is 94.3 Å². The molecule has 2 rings (SSSR count). The van der Waals surface area contributed by atoms with Crippen LogP contribution in [0.1, 0.15) is 64.2 Å². The van der Waals surface area contributed by atoms with Crippen LogP contribution in [-0.4, -0.2) is 11.7 Å². The van der Waals surface area contributed by atoms with E-state index < -0.39 is 0 Å². The highest BCUT2D eigenvalue weighted by atomic mass is 16.3. The van der Waals surface area contributed by atoms with Gasteiger partial charge in [0, 0.05) is 6.61 Å². The summed E-state index contributed by atoms with van der Waals surface area (Å²) in [5.74, 6) is 2.83. The summed E-state index contributed by atoms with van der Waals surface area (Å²) in [5.41, 5.74) is 0. The Hall–Kier alpha value is -0.0400. The van der Waals surface area contributed by atoms with E-state index in [-0.39, 0.29) is 0 Å². The van der Waals surface area contributed by atoms with Gasteiger partial charge in [-0.05, 0) is 30.6 Å². The summed E-state index contributed by atoms with van der Waals surface area (Å²) in [6, 6.07) is 0. The summed E-state index contributed by atoms with van der Waals surface area (Å²) in [7, 11) is 0. The Balaban J connectivity index is 1.90. The van der Waals surface area contributed by atoms with Crippen LogP contribution in [0.4, 0.5) is 0 Å². The molecule has 2 saturated carbocycles. The first-order valence-corrected chi connectivity index (χ1v) is 7.02. The zero-order valence-corrected chi connectivity index (χ0v) is 9.96. The first-order chi connectivity index (χ1) is 7.42. The van der Waals surface area contributed by atoms with Crippen molar-refractivity contribution in [2.24, 2.45) is 17.8 Å². The minimum absolute atomic E-state index is 0.411. The number of hydrogen-bond acceptors (Lipinski definition) is 1. The molecule has 2 atom stereocenters. The van der Waals surface area contributed by atoms with Crippen molar-refractivity contribution < 1.29 is 5.11 Å². The molecule has 88 valence electrons. The third-order valence-corrected chi connectivity index (χ3v) is 4.72. The van der Waals surface area contributed by atoms with Crippen molar-refractivity contribution in [2.45, 2.75) is 64.2 Å². The van der Waals surface area contributed by atoms with Crippen LogP contribution in [-0.2, 0) is 0 Å². The van der Waals surface area contributed by atoms with Gasteiger partial charge in [0.25, 0.3) is 0 Å². The van der Waals surface area contributed by atoms with Gasteiger partial charge < -0.3 is 5.11 Å². The molecule has 0 aliphatic heterocycles. The molecule has 15 heavy (non-hydrogen) atoms. The molecule has 0 aromatic rings. The predicted molar refractivity (Wildman–Crippen MR) is 63.7 cm³/mol. The Bertz CT molecular complexity index is 159. The number of aliphatic hydroxyl groups excluding tert-OH is 1. The Morgan fingerprint density at radius 2 is 1.47 bits per heavy atom. The lowest BCUT2D eigenvalue weighted by Crippen LogP contribution is -2.29. The second-order valence-electron chi connectivity index (χ2n) is 5.62. The maximum Gasteiger partial charge on any atom is 0.0433 e. The van der Waals surface area contributed by atoms with Gasteiger partial charge in [-0.25, -0.2) is 0 Å². The van der Waals surface area contributed by atoms with Crippen LogP contribution >= 0.6 is 0 Å². The maximum atomic E-state index is 9.13. The van der Waals surface area contributed by atoms with Crippen molar-refractivity contribution in [1.29, 1.82) is 0 Å². The first kappa shape index (κ1) is 11.4. The summed E-state index contributed by atoms with van der Waals surface area (Å²) in [6.07, 6.45) is 14.1. The smallest absolute Gasteiger partial charge is 0.0433 e. The van der Waals surface area contributed by atoms with Gasteiger partial charge in [-0.3, -0.25) is 0 Å². The lowest BCUT2D eigenvalue weighted by Gasteiger charge is -2.39. The Morgan fingerprint density at radius 1 is 0.800 bits per heavy atom. The van der Waals surface area contributed by atoms with Gasteiger partial charge >= 0.3 is 0 Å². The minimum Gasteiger partial charge on any atom is -0.396 e. The van der Waals surface area contributed by atoms with Gasteiger partial charge in [0.2, 0.25) is 0 Å². The van der Waals surface area contributed by atoms with Crippen molar-refractivity contribution in [1.82, 2.24) is 0 Å². The summed E-state index contributed by atoms with van der Waals surface area (Å²) >= 11 is 0. The highest BCUT2D eigenvalue weighted by Gasteiger charge is 2.31. The van der Waals surface area contributed by atoms with Crippen LogP contribution in [0.15, 0.2) is 0 Å². The highest BCUT2D eigenvalue weighted by molar-refractivity contribution is 4.82. The molecule has 0 saturated heterocycles. The van der Waals surface area contributed by atoms with Gasteiger partial charge in [-0.15, -0.1) is 0 Å². The van der Waals surface area contributed by atoms with Crippen molar-refractivity contribution in [3.8, 4) is 0 Å². The Morgan fingerprint density at radius 3 is 2.20 bits per heavy atom. The third kappa shape index (κ3) is 2.96. The zero-order chi connectivity index (χ0) is 10.5. The summed E-state index contributed by atoms with van der Waals surface area (Å²) in [6.45, 7) is 0.411. The molecular formula is C14H26O. The fraction of sp³-hybridized carbons (Fsp3) is 1.00. The zero-order valence-electron chi connectivity index (χ0n) is 9.96. The lowest BCUT2D eigenvalue weighted by atomic mass is 9.67. The van der Waals surface area contributed by atoms with E-state index in [2.05, 4.69) is 0 Å². The fourth-order valence-electron chi connectivity index (χ4n) is 3.94. The average molecular weight is 210 g/mol. The van der Waals surface area contributed by atoms with E-state index in [4.69, 9.17) is 5.11 Å². The van der Waals surface area contributed by atoms with Gasteiger partial charge in [-0.2, -0.15) is 0 Å². The van der Waals surface area contributed by atoms with Crippen LogP contribution < -0.4 is 0 Å². The predicted octanol–water partition coefficient (Wildman–Crippen LogP) is 3.76. The van der Waals surface area contributed by atoms with E-state index in [1.807, 2.05) is 0 Å². The van der Waals surface area contributed by atoms with Crippen LogP contribution in [0.3, 0.4) is 0 Å². The quantitative estimate of drug-likeness (QED) is 0.752. The van der Waals surface area contributed by atoms with E-state index in [1.54, 1.807) is 0 Å². The molecule has 0 spiro atoms. The monoisotopic (exact) mass is 210 g/mol. The number of aliphatic hydroxyl groups is 1. The van der Waals surface area contributed by atoms with E-state index in [9.17, 15) is 0 Å². The second kappa shape index (κ2) is 5.89. The molecular weight excluding hydrogens is 184 g/mol. The molecule has 2 fully saturated rings. The van der Waals surface area contributed by atoms with Crippen LogP contribution in [0, 0.1) is 17.8 Å². The van der Waals surface area contributed by atoms with Gasteiger partial charge in [0.1, 0.15) is 0 Å². The summed E-state index contributed by atoms with van der Waals surface area (Å²) < 4.78 is 0. The van der Waals surface area contributed by atoms with Gasteiger partial charge in [-0.1, -0.05) is 51.4 Å². The number of rotatable bonds is 3. The first-order valence-electron chi connectivity index (χ1n) is 7.02. The van der Waals surface area contributed by atoms with Gasteiger partial charge in [0.05, 0.1) is 0 Å². The van der Waals surface area contributed by atoms with E-state index in [0.717, 1.165) is 24.2 Å². The largest absolute Gasteiger partial charge is 0.396 e. The van der Waals surface area contributed by atoms with E-state index >= 15 is 0 Å². The van der Waals surface area contributed by atoms with Crippen molar-refractivity contribution in [3.63, 3.8) is 0 Å². The van der Waals surface area contributed by atoms with Crippen molar-refractivity contribution in [3.05, 3.63) is 0 Å². The normalized spacial score (nSPS) is 34.2. The molecule has 0 radical (unpaired) electrons. The van der Waals surface area contributed by atoms with E-state index in [0.29, 0.717) is 6.61 Å². The van der Waals surface area contributed by atoms with Crippen LogP contribution in [0.25, 0.3) is 0 Å². The molecule has 1 nitrogen and oxygen atoms in total. The standard InChI is InChI=1S/C14H26O/c15-11-10-13-8-4-5-9-14(13)12-6-2-1-3-7-12/h12-15H,1-11H2. The molecule has 0 aromatic heterocycles. The third-order valence-electron chi connectivity index (χ3n) is 4.72. The fourth-order valence-corrected chi connectivity index (χ4v) is 3.94. The number of hydrogen-bond donors (Lipinski definition) is 1. The minimum atomic E-state index is 0.411. The average Bonchev–Trinajstić information content (AvgIpc) is 2.31. The molecule has 0 amide bonds. The molecule has 1 heteroatoms. The molecule has 1 N–H and O–H groups in total. The van der Waals surface area contributed by atoms with Crippen molar-refractivity contribution >= 4 is 0 Å². The van der Waals surface area contributed by atoms with Crippen molar-refractivity contribution in [2.75, 3.05) is 6.61 Å². The van der Waals surface area contributed by atoms with Gasteiger partial charge in [0.15, 0.2) is 0 Å². The SMILES string of the molecule is OCCC1CCCCC1C1CCCCC1. The molecule has 0 bridgehead atoms. The summed E-state index contributed by atoms with van der Waals surface area (Å²) in [5, 5.41) is 9.13. The summed E-state index contributed by atoms with van der Waals surface area (Å²) in [4.78, 5) is 0. The van der Waals surface area contributed by atoms with Crippen LogP contribution in [0.5, 0.6) is 0 Å². The van der Waals surface area contributed by atoms with Crippen LogP contribution in [0.2, 0.25) is 0 Å². The molecule has 2 aliphatic carbocycles. The molecule has 0 heterocycles. The lowest BCUT2D eigenvalue weighted by molar-refractivity contribution is 0.105. The molecule has 2 unspecified atom stereocenters. The molecule has 0 aromatic carbocycles. The Kier molecular flexibility index (Phi) is 4.49. The highest BCUT2D eigenvalue weighted by Crippen LogP contribution is 2.42. The maximum absolute atomic E-state index is 9.13. The molecule has 2 aliphatic rings. The van der Waals surface area contributed by atoms with E-state index in [1.165, 1.54) is 57.8 Å².